The molecule has 0 aromatic heterocycles. The molecule has 11 heavy (non-hydrogen) atoms. The van der Waals surface area contributed by atoms with Gasteiger partial charge in [0.1, 0.15) is 0 Å². The fraction of sp³-hybridized carbons (Fsp3) is 1.00. The van der Waals surface area contributed by atoms with E-state index >= 15 is 0 Å². The minimum atomic E-state index is -0.807. The Morgan fingerprint density at radius 3 is 2.27 bits per heavy atom. The monoisotopic (exact) mass is 160 g/mol. The summed E-state index contributed by atoms with van der Waals surface area (Å²) in [5, 5.41) is 28.2. The van der Waals surface area contributed by atoms with Crippen molar-refractivity contribution in [3.05, 3.63) is 0 Å². The maximum atomic E-state index is 9.56. The lowest BCUT2D eigenvalue weighted by Crippen LogP contribution is -2.47. The van der Waals surface area contributed by atoms with Crippen molar-refractivity contribution in [3.63, 3.8) is 0 Å². The van der Waals surface area contributed by atoms with Gasteiger partial charge in [-0.2, -0.15) is 0 Å². The summed E-state index contributed by atoms with van der Waals surface area (Å²) < 4.78 is 0. The smallest absolute Gasteiger partial charge is 0.0829 e. The van der Waals surface area contributed by atoms with E-state index in [0.29, 0.717) is 6.42 Å². The van der Waals surface area contributed by atoms with Gasteiger partial charge in [-0.15, -0.1) is 0 Å². The van der Waals surface area contributed by atoms with Crippen LogP contribution in [0, 0.1) is 5.92 Å². The predicted octanol–water partition coefficient (Wildman–Crippen LogP) is -0.111. The molecule has 1 fully saturated rings. The second-order valence-electron chi connectivity index (χ2n) is 3.94. The minimum Gasteiger partial charge on any atom is -0.390 e. The molecule has 3 N–H and O–H groups in total. The molecule has 4 atom stereocenters. The third-order valence-electron chi connectivity index (χ3n) is 2.39. The molecule has 0 unspecified atom stereocenters. The van der Waals surface area contributed by atoms with Crippen LogP contribution in [0.15, 0.2) is 0 Å². The molecule has 0 heterocycles. The van der Waals surface area contributed by atoms with Gasteiger partial charge in [0.05, 0.1) is 17.8 Å². The lowest BCUT2D eigenvalue weighted by atomic mass is 9.77. The van der Waals surface area contributed by atoms with Gasteiger partial charge >= 0.3 is 0 Å². The minimum absolute atomic E-state index is 0.0197. The first kappa shape index (κ1) is 8.97. The molecule has 0 aromatic rings. The SMILES string of the molecule is C[C@@H]1C[C@@](C)(O)C[C@@H](O)[C@H]1O. The number of aliphatic hydroxyl groups excluding tert-OH is 2. The van der Waals surface area contributed by atoms with Gasteiger partial charge in [-0.25, -0.2) is 0 Å². The summed E-state index contributed by atoms with van der Waals surface area (Å²) in [7, 11) is 0. The van der Waals surface area contributed by atoms with Crippen molar-refractivity contribution >= 4 is 0 Å². The van der Waals surface area contributed by atoms with E-state index in [0.717, 1.165) is 0 Å². The third kappa shape index (κ3) is 1.92. The summed E-state index contributed by atoms with van der Waals surface area (Å²) in [6.07, 6.45) is -0.604. The summed E-state index contributed by atoms with van der Waals surface area (Å²) in [5.41, 5.74) is -0.807. The van der Waals surface area contributed by atoms with Crippen LogP contribution in [0.25, 0.3) is 0 Å². The first-order valence-corrected chi connectivity index (χ1v) is 4.01. The van der Waals surface area contributed by atoms with E-state index in [1.165, 1.54) is 0 Å². The number of hydrogen-bond acceptors (Lipinski definition) is 3. The van der Waals surface area contributed by atoms with Crippen LogP contribution in [-0.4, -0.2) is 33.1 Å². The predicted molar refractivity (Wildman–Crippen MR) is 41.0 cm³/mol. The molecule has 0 aliphatic heterocycles. The summed E-state index contributed by atoms with van der Waals surface area (Å²) in [5.74, 6) is -0.0197. The van der Waals surface area contributed by atoms with Crippen LogP contribution in [-0.2, 0) is 0 Å². The Kier molecular flexibility index (Phi) is 2.23. The van der Waals surface area contributed by atoms with Gasteiger partial charge in [0.25, 0.3) is 0 Å². The normalized spacial score (nSPS) is 52.6. The Hall–Kier alpha value is -0.120. The van der Waals surface area contributed by atoms with E-state index in [1.54, 1.807) is 6.92 Å². The molecule has 0 aromatic carbocycles. The van der Waals surface area contributed by atoms with Crippen LogP contribution in [0.3, 0.4) is 0 Å². The molecule has 0 spiro atoms. The highest BCUT2D eigenvalue weighted by Gasteiger charge is 2.38. The highest BCUT2D eigenvalue weighted by atomic mass is 16.3. The lowest BCUT2D eigenvalue weighted by molar-refractivity contribution is -0.116. The highest BCUT2D eigenvalue weighted by Crippen LogP contribution is 2.32. The highest BCUT2D eigenvalue weighted by molar-refractivity contribution is 4.90. The van der Waals surface area contributed by atoms with Gasteiger partial charge in [-0.1, -0.05) is 6.92 Å². The Bertz CT molecular complexity index is 130. The van der Waals surface area contributed by atoms with Gasteiger partial charge in [0, 0.05) is 6.42 Å². The number of rotatable bonds is 0. The van der Waals surface area contributed by atoms with E-state index in [4.69, 9.17) is 0 Å². The van der Waals surface area contributed by atoms with Crippen molar-refractivity contribution in [2.45, 2.75) is 44.5 Å². The maximum Gasteiger partial charge on any atom is 0.0829 e. The van der Waals surface area contributed by atoms with Crippen molar-refractivity contribution in [2.75, 3.05) is 0 Å². The molecule has 1 rings (SSSR count). The second-order valence-corrected chi connectivity index (χ2v) is 3.94. The van der Waals surface area contributed by atoms with Gasteiger partial charge in [-0.05, 0) is 19.3 Å². The largest absolute Gasteiger partial charge is 0.390 e. The maximum absolute atomic E-state index is 9.56. The van der Waals surface area contributed by atoms with E-state index in [1.807, 2.05) is 6.92 Å². The van der Waals surface area contributed by atoms with Crippen molar-refractivity contribution < 1.29 is 15.3 Å². The lowest BCUT2D eigenvalue weighted by Gasteiger charge is -2.38. The van der Waals surface area contributed by atoms with Crippen molar-refractivity contribution in [3.8, 4) is 0 Å². The van der Waals surface area contributed by atoms with E-state index < -0.39 is 17.8 Å². The molecule has 0 amide bonds. The fourth-order valence-electron chi connectivity index (χ4n) is 1.85. The van der Waals surface area contributed by atoms with Crippen molar-refractivity contribution in [1.82, 2.24) is 0 Å². The first-order chi connectivity index (χ1) is 4.92. The average molecular weight is 160 g/mol. The summed E-state index contributed by atoms with van der Waals surface area (Å²) >= 11 is 0. The molecule has 1 saturated carbocycles. The van der Waals surface area contributed by atoms with Crippen LogP contribution in [0.4, 0.5) is 0 Å². The average Bonchev–Trinajstić information content (AvgIpc) is 1.81. The van der Waals surface area contributed by atoms with E-state index in [2.05, 4.69) is 0 Å². The van der Waals surface area contributed by atoms with Gasteiger partial charge in [0.15, 0.2) is 0 Å². The number of aliphatic hydroxyl groups is 3. The third-order valence-corrected chi connectivity index (χ3v) is 2.39. The zero-order valence-corrected chi connectivity index (χ0v) is 6.99. The van der Waals surface area contributed by atoms with Crippen molar-refractivity contribution in [2.24, 2.45) is 5.92 Å². The Morgan fingerprint density at radius 1 is 1.27 bits per heavy atom. The molecule has 1 aliphatic rings. The van der Waals surface area contributed by atoms with Gasteiger partial charge in [-0.3, -0.25) is 0 Å². The quantitative estimate of drug-likeness (QED) is 0.463. The molecule has 0 bridgehead atoms. The molecule has 0 radical (unpaired) electrons. The van der Waals surface area contributed by atoms with E-state index in [9.17, 15) is 15.3 Å². The first-order valence-electron chi connectivity index (χ1n) is 4.01. The molecule has 3 nitrogen and oxygen atoms in total. The van der Waals surface area contributed by atoms with Crippen LogP contribution < -0.4 is 0 Å². The second kappa shape index (κ2) is 2.73. The topological polar surface area (TPSA) is 60.7 Å². The molecule has 3 heteroatoms. The van der Waals surface area contributed by atoms with Crippen LogP contribution in [0.2, 0.25) is 0 Å². The zero-order chi connectivity index (χ0) is 8.65. The van der Waals surface area contributed by atoms with E-state index in [-0.39, 0.29) is 12.3 Å². The summed E-state index contributed by atoms with van der Waals surface area (Å²) in [6, 6.07) is 0. The fourth-order valence-corrected chi connectivity index (χ4v) is 1.85. The van der Waals surface area contributed by atoms with Crippen molar-refractivity contribution in [1.29, 1.82) is 0 Å². The van der Waals surface area contributed by atoms with Gasteiger partial charge < -0.3 is 15.3 Å². The molecule has 0 saturated heterocycles. The zero-order valence-electron chi connectivity index (χ0n) is 6.99. The van der Waals surface area contributed by atoms with Gasteiger partial charge in [0.2, 0.25) is 0 Å². The van der Waals surface area contributed by atoms with Crippen LogP contribution in [0.5, 0.6) is 0 Å². The molecular formula is C8H16O3. The molecular weight excluding hydrogens is 144 g/mol. The van der Waals surface area contributed by atoms with Crippen LogP contribution in [0.1, 0.15) is 26.7 Å². The van der Waals surface area contributed by atoms with Crippen LogP contribution >= 0.6 is 0 Å². The molecule has 1 aliphatic carbocycles. The Labute approximate surface area is 66.7 Å². The summed E-state index contributed by atoms with van der Waals surface area (Å²) in [6.45, 7) is 3.53. The Morgan fingerprint density at radius 2 is 1.82 bits per heavy atom. The number of hydrogen-bond donors (Lipinski definition) is 3. The Balaban J connectivity index is 2.62. The standard InChI is InChI=1S/C8H16O3/c1-5-3-8(2,11)4-6(9)7(5)10/h5-7,9-11H,3-4H2,1-2H3/t5-,6-,7+,8-/m1/s1. The summed E-state index contributed by atoms with van der Waals surface area (Å²) in [4.78, 5) is 0. The molecule has 66 valence electrons.